The Kier molecular flexibility index (Phi) is 7.76. The lowest BCUT2D eigenvalue weighted by atomic mass is 9.98. The van der Waals surface area contributed by atoms with Crippen LogP contribution in [0.25, 0.3) is 0 Å². The summed E-state index contributed by atoms with van der Waals surface area (Å²) >= 11 is 0. The lowest BCUT2D eigenvalue weighted by Gasteiger charge is -2.20. The van der Waals surface area contributed by atoms with E-state index in [1.165, 1.54) is 49.7 Å². The summed E-state index contributed by atoms with van der Waals surface area (Å²) in [6, 6.07) is 21.8. The molecule has 0 atom stereocenters. The molecular formula is C21H29N. The molecule has 0 aliphatic heterocycles. The number of hydrogen-bond acceptors (Lipinski definition) is 1. The Labute approximate surface area is 135 Å². The molecule has 0 amide bonds. The van der Waals surface area contributed by atoms with Crippen LogP contribution in [0.1, 0.15) is 62.6 Å². The highest BCUT2D eigenvalue weighted by atomic mass is 14.9. The third-order valence-electron chi connectivity index (χ3n) is 4.14. The zero-order valence-corrected chi connectivity index (χ0v) is 13.8. The van der Waals surface area contributed by atoms with Crippen molar-refractivity contribution >= 4 is 0 Å². The van der Waals surface area contributed by atoms with Gasteiger partial charge in [0.25, 0.3) is 0 Å². The second-order valence-electron chi connectivity index (χ2n) is 5.98. The van der Waals surface area contributed by atoms with Crippen LogP contribution in [-0.2, 0) is 0 Å². The third-order valence-corrected chi connectivity index (χ3v) is 4.14. The molecule has 1 nitrogen and oxygen atoms in total. The molecule has 0 aromatic heterocycles. The summed E-state index contributed by atoms with van der Waals surface area (Å²) in [7, 11) is 0. The lowest BCUT2D eigenvalue weighted by Crippen LogP contribution is -2.23. The van der Waals surface area contributed by atoms with E-state index < -0.39 is 0 Å². The summed E-state index contributed by atoms with van der Waals surface area (Å²) in [6.45, 7) is 3.35. The Morgan fingerprint density at radius 1 is 0.682 bits per heavy atom. The highest BCUT2D eigenvalue weighted by Crippen LogP contribution is 2.21. The maximum absolute atomic E-state index is 3.74. The van der Waals surface area contributed by atoms with Crippen molar-refractivity contribution in [3.63, 3.8) is 0 Å². The number of nitrogens with one attached hydrogen (secondary N) is 1. The molecule has 0 bridgehead atoms. The molecule has 1 heteroatoms. The maximum atomic E-state index is 3.74. The molecule has 0 aliphatic carbocycles. The van der Waals surface area contributed by atoms with Gasteiger partial charge >= 0.3 is 0 Å². The largest absolute Gasteiger partial charge is 0.306 e. The molecular weight excluding hydrogens is 266 g/mol. The highest BCUT2D eigenvalue weighted by Gasteiger charge is 2.12. The Balaban J connectivity index is 1.87. The van der Waals surface area contributed by atoms with E-state index >= 15 is 0 Å². The van der Waals surface area contributed by atoms with E-state index in [0.29, 0.717) is 6.04 Å². The van der Waals surface area contributed by atoms with Crippen molar-refractivity contribution in [2.75, 3.05) is 6.54 Å². The monoisotopic (exact) mass is 295 g/mol. The molecule has 0 fully saturated rings. The number of rotatable bonds is 10. The molecule has 2 aromatic rings. The summed E-state index contributed by atoms with van der Waals surface area (Å²) in [4.78, 5) is 0. The second-order valence-corrected chi connectivity index (χ2v) is 5.98. The molecule has 118 valence electrons. The van der Waals surface area contributed by atoms with Crippen LogP contribution in [0.2, 0.25) is 0 Å². The molecule has 1 N–H and O–H groups in total. The molecule has 22 heavy (non-hydrogen) atoms. The van der Waals surface area contributed by atoms with Crippen molar-refractivity contribution in [1.29, 1.82) is 0 Å². The Bertz CT molecular complexity index is 452. The minimum atomic E-state index is 0.304. The normalized spacial score (nSPS) is 11.0. The fourth-order valence-electron chi connectivity index (χ4n) is 2.87. The van der Waals surface area contributed by atoms with E-state index in [4.69, 9.17) is 0 Å². The van der Waals surface area contributed by atoms with E-state index in [2.05, 4.69) is 72.9 Å². The molecule has 0 heterocycles. The van der Waals surface area contributed by atoms with Gasteiger partial charge in [0.05, 0.1) is 6.04 Å². The smallest absolute Gasteiger partial charge is 0.0576 e. The Morgan fingerprint density at radius 3 is 1.73 bits per heavy atom. The van der Waals surface area contributed by atoms with Gasteiger partial charge in [0.15, 0.2) is 0 Å². The van der Waals surface area contributed by atoms with E-state index in [1.54, 1.807) is 0 Å². The van der Waals surface area contributed by atoms with E-state index in [9.17, 15) is 0 Å². The molecule has 0 spiro atoms. The predicted molar refractivity (Wildman–Crippen MR) is 96.1 cm³/mol. The van der Waals surface area contributed by atoms with Crippen LogP contribution in [0.3, 0.4) is 0 Å². The molecule has 0 saturated heterocycles. The average Bonchev–Trinajstić information content (AvgIpc) is 2.59. The Morgan fingerprint density at radius 2 is 1.18 bits per heavy atom. The van der Waals surface area contributed by atoms with Gasteiger partial charge in [-0.25, -0.2) is 0 Å². The van der Waals surface area contributed by atoms with Crippen LogP contribution < -0.4 is 5.32 Å². The second kappa shape index (κ2) is 10.2. The van der Waals surface area contributed by atoms with Gasteiger partial charge < -0.3 is 5.32 Å². The summed E-state index contributed by atoms with van der Waals surface area (Å²) < 4.78 is 0. The van der Waals surface area contributed by atoms with Crippen LogP contribution in [-0.4, -0.2) is 6.54 Å². The number of hydrogen-bond donors (Lipinski definition) is 1. The lowest BCUT2D eigenvalue weighted by molar-refractivity contribution is 0.542. The highest BCUT2D eigenvalue weighted by molar-refractivity contribution is 5.31. The minimum absolute atomic E-state index is 0.304. The molecule has 0 radical (unpaired) electrons. The summed E-state index contributed by atoms with van der Waals surface area (Å²) in [6.07, 6.45) is 8.06. The van der Waals surface area contributed by atoms with Crippen LogP contribution in [0.4, 0.5) is 0 Å². The van der Waals surface area contributed by atoms with Crippen molar-refractivity contribution in [2.24, 2.45) is 0 Å². The van der Waals surface area contributed by atoms with Gasteiger partial charge in [-0.1, -0.05) is 99.7 Å². The Hall–Kier alpha value is -1.60. The zero-order chi connectivity index (χ0) is 15.5. The summed E-state index contributed by atoms with van der Waals surface area (Å²) in [5.41, 5.74) is 2.69. The fourth-order valence-corrected chi connectivity index (χ4v) is 2.87. The van der Waals surface area contributed by atoms with Crippen LogP contribution in [0.15, 0.2) is 60.7 Å². The van der Waals surface area contributed by atoms with Gasteiger partial charge in [-0.3, -0.25) is 0 Å². The van der Waals surface area contributed by atoms with Crippen molar-refractivity contribution in [3.8, 4) is 0 Å². The van der Waals surface area contributed by atoms with Gasteiger partial charge in [-0.05, 0) is 24.1 Å². The fraction of sp³-hybridized carbons (Fsp3) is 0.429. The molecule has 2 rings (SSSR count). The van der Waals surface area contributed by atoms with Crippen molar-refractivity contribution in [2.45, 2.75) is 51.5 Å². The van der Waals surface area contributed by atoms with Gasteiger partial charge in [0.2, 0.25) is 0 Å². The summed E-state index contributed by atoms with van der Waals surface area (Å²) in [5, 5.41) is 3.74. The standard InChI is InChI=1S/C21H29N/c1-2-3-4-5-6-13-18-22-21(19-14-9-7-10-15-19)20-16-11-8-12-17-20/h7-12,14-17,21-22H,2-6,13,18H2,1H3. The third kappa shape index (κ3) is 5.65. The van der Waals surface area contributed by atoms with E-state index in [1.807, 2.05) is 0 Å². The average molecular weight is 295 g/mol. The molecule has 0 unspecified atom stereocenters. The molecule has 0 saturated carbocycles. The minimum Gasteiger partial charge on any atom is -0.306 e. The predicted octanol–water partition coefficient (Wildman–Crippen LogP) is 5.73. The summed E-state index contributed by atoms with van der Waals surface area (Å²) in [5.74, 6) is 0. The molecule has 0 aliphatic rings. The van der Waals surface area contributed by atoms with Crippen molar-refractivity contribution in [3.05, 3.63) is 71.8 Å². The van der Waals surface area contributed by atoms with Crippen molar-refractivity contribution in [1.82, 2.24) is 5.32 Å². The van der Waals surface area contributed by atoms with E-state index in [0.717, 1.165) is 6.54 Å². The zero-order valence-electron chi connectivity index (χ0n) is 13.8. The maximum Gasteiger partial charge on any atom is 0.0576 e. The number of unbranched alkanes of at least 4 members (excludes halogenated alkanes) is 5. The van der Waals surface area contributed by atoms with Gasteiger partial charge in [-0.15, -0.1) is 0 Å². The van der Waals surface area contributed by atoms with Gasteiger partial charge in [0.1, 0.15) is 0 Å². The first kappa shape index (κ1) is 16.8. The topological polar surface area (TPSA) is 12.0 Å². The SMILES string of the molecule is CCCCCCCCNC(c1ccccc1)c1ccccc1. The number of benzene rings is 2. The van der Waals surface area contributed by atoms with Crippen LogP contribution in [0.5, 0.6) is 0 Å². The van der Waals surface area contributed by atoms with Crippen LogP contribution in [0, 0.1) is 0 Å². The first-order valence-electron chi connectivity index (χ1n) is 8.75. The van der Waals surface area contributed by atoms with Crippen LogP contribution >= 0.6 is 0 Å². The van der Waals surface area contributed by atoms with Crippen molar-refractivity contribution < 1.29 is 0 Å². The van der Waals surface area contributed by atoms with Gasteiger partial charge in [0, 0.05) is 0 Å². The first-order valence-corrected chi connectivity index (χ1v) is 8.75. The van der Waals surface area contributed by atoms with Gasteiger partial charge in [-0.2, -0.15) is 0 Å². The van der Waals surface area contributed by atoms with E-state index in [-0.39, 0.29) is 0 Å². The first-order chi connectivity index (χ1) is 10.9. The quantitative estimate of drug-likeness (QED) is 0.552. The molecule has 2 aromatic carbocycles.